The number of amides is 3. The summed E-state index contributed by atoms with van der Waals surface area (Å²) in [4.78, 5) is 24.3. The van der Waals surface area contributed by atoms with E-state index in [1.165, 1.54) is 0 Å². The fourth-order valence-corrected chi connectivity index (χ4v) is 1.90. The summed E-state index contributed by atoms with van der Waals surface area (Å²) in [6, 6.07) is 5.58. The summed E-state index contributed by atoms with van der Waals surface area (Å²) in [6.45, 7) is 8.43. The van der Waals surface area contributed by atoms with Crippen molar-refractivity contribution in [3.05, 3.63) is 29.3 Å². The first-order valence-electron chi connectivity index (χ1n) is 6.26. The molecule has 4 nitrogen and oxygen atoms in total. The number of benzene rings is 1. The van der Waals surface area contributed by atoms with Crippen LogP contribution in [-0.2, 0) is 4.79 Å². The van der Waals surface area contributed by atoms with Gasteiger partial charge in [0.1, 0.15) is 0 Å². The van der Waals surface area contributed by atoms with E-state index in [9.17, 15) is 9.59 Å². The molecule has 0 spiro atoms. The summed E-state index contributed by atoms with van der Waals surface area (Å²) in [7, 11) is 0. The second kappa shape index (κ2) is 6.19. The van der Waals surface area contributed by atoms with Crippen LogP contribution < -0.4 is 10.2 Å². The van der Waals surface area contributed by atoms with Gasteiger partial charge in [0.05, 0.1) is 0 Å². The molecule has 1 heterocycles. The van der Waals surface area contributed by atoms with Gasteiger partial charge >= 0.3 is 6.03 Å². The van der Waals surface area contributed by atoms with Crippen LogP contribution >= 0.6 is 0 Å². The number of nitrogens with one attached hydrogen (secondary N) is 1. The molecule has 3 amide bonds. The van der Waals surface area contributed by atoms with E-state index in [1.54, 1.807) is 4.90 Å². The number of hydrogen-bond acceptors (Lipinski definition) is 2. The minimum atomic E-state index is -0.330. The van der Waals surface area contributed by atoms with Crippen molar-refractivity contribution < 1.29 is 9.59 Å². The molecule has 1 fully saturated rings. The second-order valence-corrected chi connectivity index (χ2v) is 4.04. The molecule has 1 saturated heterocycles. The third-order valence-electron chi connectivity index (χ3n) is 2.70. The predicted molar refractivity (Wildman–Crippen MR) is 72.8 cm³/mol. The lowest BCUT2D eigenvalue weighted by Crippen LogP contribution is -2.49. The minimum Gasteiger partial charge on any atom is -0.293 e. The molecule has 1 N–H and O–H groups in total. The Morgan fingerprint density at radius 2 is 1.83 bits per heavy atom. The fourth-order valence-electron chi connectivity index (χ4n) is 1.90. The maximum atomic E-state index is 11.6. The maximum Gasteiger partial charge on any atom is 0.328 e. The third kappa shape index (κ3) is 3.09. The molecule has 0 bridgehead atoms. The van der Waals surface area contributed by atoms with Gasteiger partial charge in [-0.2, -0.15) is 0 Å². The Balaban J connectivity index is 0.000000771. The summed E-state index contributed by atoms with van der Waals surface area (Å²) < 4.78 is 0. The SMILES string of the molecule is CC.Cc1ccc(N2CCC(=O)NC2=O)c(C)c1. The quantitative estimate of drug-likeness (QED) is 0.830. The first-order chi connectivity index (χ1) is 8.58. The van der Waals surface area contributed by atoms with Crippen LogP contribution in [0.3, 0.4) is 0 Å². The van der Waals surface area contributed by atoms with Crippen molar-refractivity contribution >= 4 is 17.6 Å². The molecule has 0 aliphatic carbocycles. The number of urea groups is 1. The Morgan fingerprint density at radius 1 is 1.17 bits per heavy atom. The molecule has 98 valence electrons. The third-order valence-corrected chi connectivity index (χ3v) is 2.70. The number of aryl methyl sites for hydroxylation is 2. The van der Waals surface area contributed by atoms with Gasteiger partial charge in [-0.25, -0.2) is 4.79 Å². The molecule has 1 aliphatic rings. The Hall–Kier alpha value is -1.84. The van der Waals surface area contributed by atoms with E-state index in [0.29, 0.717) is 13.0 Å². The van der Waals surface area contributed by atoms with Gasteiger partial charge < -0.3 is 0 Å². The van der Waals surface area contributed by atoms with Gasteiger partial charge in [0.25, 0.3) is 0 Å². The van der Waals surface area contributed by atoms with Crippen LogP contribution in [0.2, 0.25) is 0 Å². The van der Waals surface area contributed by atoms with E-state index < -0.39 is 0 Å². The average Bonchev–Trinajstić information content (AvgIpc) is 2.33. The maximum absolute atomic E-state index is 11.6. The zero-order valence-corrected chi connectivity index (χ0v) is 11.4. The largest absolute Gasteiger partial charge is 0.328 e. The van der Waals surface area contributed by atoms with E-state index in [2.05, 4.69) is 5.32 Å². The fraction of sp³-hybridized carbons (Fsp3) is 0.429. The topological polar surface area (TPSA) is 49.4 Å². The molecule has 0 saturated carbocycles. The molecule has 1 aromatic carbocycles. The number of imide groups is 1. The predicted octanol–water partition coefficient (Wildman–Crippen LogP) is 2.78. The van der Waals surface area contributed by atoms with Gasteiger partial charge in [-0.05, 0) is 25.5 Å². The molecule has 4 heteroatoms. The Morgan fingerprint density at radius 3 is 2.39 bits per heavy atom. The molecule has 2 rings (SSSR count). The van der Waals surface area contributed by atoms with Crippen molar-refractivity contribution in [1.29, 1.82) is 0 Å². The van der Waals surface area contributed by atoms with E-state index >= 15 is 0 Å². The molecule has 1 aromatic rings. The lowest BCUT2D eigenvalue weighted by molar-refractivity contribution is -0.120. The molecule has 1 aliphatic heterocycles. The van der Waals surface area contributed by atoms with Crippen LogP contribution in [0.25, 0.3) is 0 Å². The van der Waals surface area contributed by atoms with Crippen LogP contribution in [-0.4, -0.2) is 18.5 Å². The average molecular weight is 248 g/mol. The smallest absolute Gasteiger partial charge is 0.293 e. The molecule has 0 radical (unpaired) electrons. The standard InChI is InChI=1S/C12H14N2O2.C2H6/c1-8-3-4-10(9(2)7-8)14-6-5-11(15)13-12(14)16;1-2/h3-4,7H,5-6H2,1-2H3,(H,13,15,16);1-2H3. The summed E-state index contributed by atoms with van der Waals surface area (Å²) in [6.07, 6.45) is 0.360. The van der Waals surface area contributed by atoms with Gasteiger partial charge in [-0.15, -0.1) is 0 Å². The van der Waals surface area contributed by atoms with Crippen LogP contribution in [0.15, 0.2) is 18.2 Å². The highest BCUT2D eigenvalue weighted by atomic mass is 16.2. The van der Waals surface area contributed by atoms with Gasteiger partial charge in [0, 0.05) is 18.7 Å². The van der Waals surface area contributed by atoms with Crippen molar-refractivity contribution in [2.75, 3.05) is 11.4 Å². The summed E-state index contributed by atoms with van der Waals surface area (Å²) in [5.41, 5.74) is 3.08. The summed E-state index contributed by atoms with van der Waals surface area (Å²) in [5.74, 6) is -0.203. The van der Waals surface area contributed by atoms with Gasteiger partial charge in [0.15, 0.2) is 0 Å². The van der Waals surface area contributed by atoms with Gasteiger partial charge in [-0.1, -0.05) is 31.5 Å². The Bertz CT molecular complexity index is 455. The molecular formula is C14H20N2O2. The highest BCUT2D eigenvalue weighted by Crippen LogP contribution is 2.22. The van der Waals surface area contributed by atoms with Crippen molar-refractivity contribution in [2.24, 2.45) is 0 Å². The molecule has 0 atom stereocenters. The van der Waals surface area contributed by atoms with E-state index in [4.69, 9.17) is 0 Å². The van der Waals surface area contributed by atoms with Crippen molar-refractivity contribution in [3.63, 3.8) is 0 Å². The highest BCUT2D eigenvalue weighted by Gasteiger charge is 2.24. The number of rotatable bonds is 1. The summed E-state index contributed by atoms with van der Waals surface area (Å²) in [5, 5.41) is 2.32. The van der Waals surface area contributed by atoms with Crippen LogP contribution in [0.1, 0.15) is 31.4 Å². The Labute approximate surface area is 108 Å². The normalized spacial score (nSPS) is 14.8. The van der Waals surface area contributed by atoms with E-state index in [1.807, 2.05) is 45.9 Å². The number of anilines is 1. The first kappa shape index (κ1) is 14.2. The number of carbonyl (C=O) groups excluding carboxylic acids is 2. The molecule has 0 unspecified atom stereocenters. The molecule has 0 aromatic heterocycles. The van der Waals surface area contributed by atoms with Crippen molar-refractivity contribution in [1.82, 2.24) is 5.32 Å². The first-order valence-corrected chi connectivity index (χ1v) is 6.26. The lowest BCUT2D eigenvalue weighted by Gasteiger charge is -2.27. The zero-order chi connectivity index (χ0) is 13.7. The highest BCUT2D eigenvalue weighted by molar-refractivity contribution is 6.05. The van der Waals surface area contributed by atoms with E-state index in [-0.39, 0.29) is 11.9 Å². The van der Waals surface area contributed by atoms with Crippen LogP contribution in [0.5, 0.6) is 0 Å². The molecular weight excluding hydrogens is 228 g/mol. The van der Waals surface area contributed by atoms with E-state index in [0.717, 1.165) is 16.8 Å². The number of nitrogens with zero attached hydrogens (tertiary/aromatic N) is 1. The van der Waals surface area contributed by atoms with Crippen molar-refractivity contribution in [2.45, 2.75) is 34.1 Å². The van der Waals surface area contributed by atoms with Crippen LogP contribution in [0, 0.1) is 13.8 Å². The minimum absolute atomic E-state index is 0.203. The number of hydrogen-bond donors (Lipinski definition) is 1. The van der Waals surface area contributed by atoms with Crippen LogP contribution in [0.4, 0.5) is 10.5 Å². The Kier molecular flexibility index (Phi) is 4.89. The van der Waals surface area contributed by atoms with Crippen molar-refractivity contribution in [3.8, 4) is 0 Å². The monoisotopic (exact) mass is 248 g/mol. The second-order valence-electron chi connectivity index (χ2n) is 4.04. The number of carbonyl (C=O) groups is 2. The molecule has 18 heavy (non-hydrogen) atoms. The summed E-state index contributed by atoms with van der Waals surface area (Å²) >= 11 is 0. The lowest BCUT2D eigenvalue weighted by atomic mass is 10.1. The van der Waals surface area contributed by atoms with Gasteiger partial charge in [0.2, 0.25) is 5.91 Å². The van der Waals surface area contributed by atoms with Gasteiger partial charge in [-0.3, -0.25) is 15.0 Å². The zero-order valence-electron chi connectivity index (χ0n) is 11.4.